The topological polar surface area (TPSA) is 42.4 Å². The van der Waals surface area contributed by atoms with Gasteiger partial charge in [-0.2, -0.15) is 0 Å². The second-order valence-electron chi connectivity index (χ2n) is 5.92. The Morgan fingerprint density at radius 1 is 1.32 bits per heavy atom. The fourth-order valence-electron chi connectivity index (χ4n) is 2.92. The van der Waals surface area contributed by atoms with Crippen molar-refractivity contribution in [2.24, 2.45) is 5.41 Å². The fraction of sp³-hybridized carbons (Fsp3) is 0.688. The van der Waals surface area contributed by atoms with Crippen LogP contribution < -0.4 is 4.74 Å². The summed E-state index contributed by atoms with van der Waals surface area (Å²) in [7, 11) is 0. The first-order valence-electron chi connectivity index (χ1n) is 7.41. The summed E-state index contributed by atoms with van der Waals surface area (Å²) in [5, 5.41) is 10.7. The van der Waals surface area contributed by atoms with Gasteiger partial charge in [-0.25, -0.2) is 0 Å². The van der Waals surface area contributed by atoms with E-state index in [1.54, 1.807) is 12.4 Å². The Bertz CT molecular complexity index is 399. The summed E-state index contributed by atoms with van der Waals surface area (Å²) in [6.45, 7) is 4.96. The highest BCUT2D eigenvalue weighted by Gasteiger charge is 2.35. The number of ether oxygens (including phenoxy) is 1. The van der Waals surface area contributed by atoms with Crippen LogP contribution in [0.5, 0.6) is 5.75 Å². The summed E-state index contributed by atoms with van der Waals surface area (Å²) in [6.07, 6.45) is 9.93. The van der Waals surface area contributed by atoms with Gasteiger partial charge in [0, 0.05) is 11.8 Å². The molecule has 106 valence electrons. The number of aromatic nitrogens is 1. The highest BCUT2D eigenvalue weighted by atomic mass is 16.5. The van der Waals surface area contributed by atoms with Crippen LogP contribution >= 0.6 is 0 Å². The van der Waals surface area contributed by atoms with Crippen molar-refractivity contribution in [2.75, 3.05) is 6.61 Å². The van der Waals surface area contributed by atoms with Gasteiger partial charge in [-0.05, 0) is 30.7 Å². The molecule has 0 amide bonds. The van der Waals surface area contributed by atoms with Crippen LogP contribution in [0, 0.1) is 5.41 Å². The molecule has 0 radical (unpaired) electrons. The molecule has 1 fully saturated rings. The molecule has 19 heavy (non-hydrogen) atoms. The quantitative estimate of drug-likeness (QED) is 0.876. The third kappa shape index (κ3) is 3.47. The molecule has 3 nitrogen and oxygen atoms in total. The minimum atomic E-state index is -0.439. The Labute approximate surface area is 116 Å². The van der Waals surface area contributed by atoms with Gasteiger partial charge >= 0.3 is 0 Å². The second-order valence-corrected chi connectivity index (χ2v) is 5.92. The number of hydrogen-bond acceptors (Lipinski definition) is 3. The molecule has 0 spiro atoms. The van der Waals surface area contributed by atoms with Crippen LogP contribution in [0.25, 0.3) is 0 Å². The molecule has 1 N–H and O–H groups in total. The van der Waals surface area contributed by atoms with Gasteiger partial charge in [0.05, 0.1) is 18.9 Å². The zero-order valence-corrected chi connectivity index (χ0v) is 12.1. The number of aliphatic hydroxyl groups is 1. The Balaban J connectivity index is 2.11. The summed E-state index contributed by atoms with van der Waals surface area (Å²) in [5.74, 6) is 0.762. The zero-order chi connectivity index (χ0) is 13.7. The summed E-state index contributed by atoms with van der Waals surface area (Å²) in [5.41, 5.74) is 0.876. The first kappa shape index (κ1) is 14.3. The molecule has 1 saturated carbocycles. The lowest BCUT2D eigenvalue weighted by Crippen LogP contribution is -2.28. The molecular weight excluding hydrogens is 238 g/mol. The lowest BCUT2D eigenvalue weighted by molar-refractivity contribution is 0.00780. The molecule has 0 saturated heterocycles. The van der Waals surface area contributed by atoms with Gasteiger partial charge < -0.3 is 9.84 Å². The van der Waals surface area contributed by atoms with E-state index >= 15 is 0 Å². The SMILES string of the molecule is CCCOc1cncc(C(O)C2(C)CCCCC2)c1. The average Bonchev–Trinajstić information content (AvgIpc) is 2.45. The van der Waals surface area contributed by atoms with Gasteiger partial charge in [0.1, 0.15) is 5.75 Å². The Kier molecular flexibility index (Phi) is 4.81. The number of hydrogen-bond donors (Lipinski definition) is 1. The van der Waals surface area contributed by atoms with Crippen molar-refractivity contribution >= 4 is 0 Å². The molecule has 0 aromatic carbocycles. The smallest absolute Gasteiger partial charge is 0.137 e. The molecule has 1 aliphatic carbocycles. The minimum Gasteiger partial charge on any atom is -0.492 e. The highest BCUT2D eigenvalue weighted by molar-refractivity contribution is 5.26. The van der Waals surface area contributed by atoms with Gasteiger partial charge in [0.15, 0.2) is 0 Å². The van der Waals surface area contributed by atoms with Crippen LogP contribution in [0.4, 0.5) is 0 Å². The molecule has 1 atom stereocenters. The van der Waals surface area contributed by atoms with E-state index in [1.807, 2.05) is 6.07 Å². The maximum atomic E-state index is 10.7. The molecule has 0 bridgehead atoms. The normalized spacial score (nSPS) is 19.9. The monoisotopic (exact) mass is 263 g/mol. The summed E-state index contributed by atoms with van der Waals surface area (Å²) >= 11 is 0. The van der Waals surface area contributed by atoms with E-state index in [0.717, 1.165) is 30.6 Å². The molecule has 1 aliphatic rings. The van der Waals surface area contributed by atoms with Gasteiger partial charge in [-0.3, -0.25) is 4.98 Å². The molecular formula is C16H25NO2. The van der Waals surface area contributed by atoms with Gasteiger partial charge in [-0.15, -0.1) is 0 Å². The van der Waals surface area contributed by atoms with Crippen molar-refractivity contribution in [2.45, 2.75) is 58.5 Å². The van der Waals surface area contributed by atoms with E-state index in [1.165, 1.54) is 19.3 Å². The van der Waals surface area contributed by atoms with Gasteiger partial charge in [0.2, 0.25) is 0 Å². The van der Waals surface area contributed by atoms with Crippen molar-refractivity contribution in [3.05, 3.63) is 24.0 Å². The average molecular weight is 263 g/mol. The highest BCUT2D eigenvalue weighted by Crippen LogP contribution is 2.45. The van der Waals surface area contributed by atoms with Crippen molar-refractivity contribution < 1.29 is 9.84 Å². The molecule has 0 aliphatic heterocycles. The predicted molar refractivity (Wildman–Crippen MR) is 76.2 cm³/mol. The first-order chi connectivity index (χ1) is 9.15. The lowest BCUT2D eigenvalue weighted by atomic mass is 9.70. The van der Waals surface area contributed by atoms with Crippen LogP contribution in [0.3, 0.4) is 0 Å². The van der Waals surface area contributed by atoms with E-state index in [2.05, 4.69) is 18.8 Å². The van der Waals surface area contributed by atoms with Crippen LogP contribution in [0.1, 0.15) is 64.0 Å². The molecule has 1 unspecified atom stereocenters. The van der Waals surface area contributed by atoms with Crippen LogP contribution in [0.2, 0.25) is 0 Å². The van der Waals surface area contributed by atoms with E-state index in [9.17, 15) is 5.11 Å². The Morgan fingerprint density at radius 2 is 2.05 bits per heavy atom. The maximum Gasteiger partial charge on any atom is 0.137 e. The van der Waals surface area contributed by atoms with Crippen molar-refractivity contribution in [1.82, 2.24) is 4.98 Å². The van der Waals surface area contributed by atoms with E-state index < -0.39 is 6.10 Å². The van der Waals surface area contributed by atoms with E-state index in [4.69, 9.17) is 4.74 Å². The third-order valence-electron chi connectivity index (χ3n) is 4.18. The lowest BCUT2D eigenvalue weighted by Gasteiger charge is -2.38. The number of pyridine rings is 1. The molecule has 3 heteroatoms. The van der Waals surface area contributed by atoms with E-state index in [-0.39, 0.29) is 5.41 Å². The predicted octanol–water partition coefficient (Wildman–Crippen LogP) is 3.87. The Hall–Kier alpha value is -1.09. The standard InChI is InChI=1S/C16H25NO2/c1-3-9-19-14-10-13(11-17-12-14)15(18)16(2)7-5-4-6-8-16/h10-12,15,18H,3-9H2,1-2H3. The van der Waals surface area contributed by atoms with Crippen molar-refractivity contribution in [1.29, 1.82) is 0 Å². The molecule has 2 rings (SSSR count). The first-order valence-corrected chi connectivity index (χ1v) is 7.41. The molecule has 1 aromatic heterocycles. The summed E-state index contributed by atoms with van der Waals surface area (Å²) in [4.78, 5) is 4.20. The zero-order valence-electron chi connectivity index (χ0n) is 12.1. The molecule has 1 aromatic rings. The summed E-state index contributed by atoms with van der Waals surface area (Å²) < 4.78 is 5.59. The fourth-order valence-corrected chi connectivity index (χ4v) is 2.92. The number of nitrogens with zero attached hydrogens (tertiary/aromatic N) is 1. The van der Waals surface area contributed by atoms with E-state index in [0.29, 0.717) is 6.61 Å². The number of aliphatic hydroxyl groups excluding tert-OH is 1. The van der Waals surface area contributed by atoms with Gasteiger partial charge in [0.25, 0.3) is 0 Å². The van der Waals surface area contributed by atoms with Crippen molar-refractivity contribution in [3.63, 3.8) is 0 Å². The Morgan fingerprint density at radius 3 is 2.74 bits per heavy atom. The molecule has 1 heterocycles. The van der Waals surface area contributed by atoms with Gasteiger partial charge in [-0.1, -0.05) is 33.1 Å². The van der Waals surface area contributed by atoms with Crippen LogP contribution in [0.15, 0.2) is 18.5 Å². The number of rotatable bonds is 5. The largest absolute Gasteiger partial charge is 0.492 e. The van der Waals surface area contributed by atoms with Crippen LogP contribution in [-0.2, 0) is 0 Å². The minimum absolute atomic E-state index is 0.0106. The third-order valence-corrected chi connectivity index (χ3v) is 4.18. The van der Waals surface area contributed by atoms with Crippen LogP contribution in [-0.4, -0.2) is 16.7 Å². The van der Waals surface area contributed by atoms with Crippen molar-refractivity contribution in [3.8, 4) is 5.75 Å². The second kappa shape index (κ2) is 6.38. The maximum absolute atomic E-state index is 10.7. The summed E-state index contributed by atoms with van der Waals surface area (Å²) in [6, 6.07) is 1.94.